The summed E-state index contributed by atoms with van der Waals surface area (Å²) in [5, 5.41) is 14.4. The molecule has 0 amide bonds. The number of benzene rings is 1. The van der Waals surface area contributed by atoms with Gasteiger partial charge >= 0.3 is 0 Å². The van der Waals surface area contributed by atoms with Gasteiger partial charge in [0, 0.05) is 0 Å². The molecular weight excluding hydrogens is 306 g/mol. The molecule has 2 saturated heterocycles. The van der Waals surface area contributed by atoms with E-state index in [1.165, 1.54) is 32.1 Å². The molecule has 3 fully saturated rings. The van der Waals surface area contributed by atoms with Crippen molar-refractivity contribution < 1.29 is 19.3 Å². The van der Waals surface area contributed by atoms with Crippen molar-refractivity contribution in [2.75, 3.05) is 13.2 Å². The summed E-state index contributed by atoms with van der Waals surface area (Å²) in [5.74, 6) is 1.43. The molecule has 2 N–H and O–H groups in total. The van der Waals surface area contributed by atoms with Crippen molar-refractivity contribution in [1.82, 2.24) is 5.32 Å². The minimum atomic E-state index is -0.639. The van der Waals surface area contributed by atoms with Gasteiger partial charge in [-0.05, 0) is 37.4 Å². The van der Waals surface area contributed by atoms with Gasteiger partial charge in [0.2, 0.25) is 0 Å². The Bertz CT molecular complexity index is 519. The number of aliphatic hydroxyl groups is 1. The normalized spacial score (nSPS) is 36.6. The maximum absolute atomic E-state index is 10.9. The van der Waals surface area contributed by atoms with Crippen LogP contribution in [0.15, 0.2) is 30.3 Å². The van der Waals surface area contributed by atoms with Crippen LogP contribution in [0.4, 0.5) is 0 Å². The van der Waals surface area contributed by atoms with E-state index >= 15 is 0 Å². The highest BCUT2D eigenvalue weighted by Gasteiger charge is 2.51. The van der Waals surface area contributed by atoms with Gasteiger partial charge in [-0.1, -0.05) is 37.5 Å². The summed E-state index contributed by atoms with van der Waals surface area (Å²) < 4.78 is 17.6. The van der Waals surface area contributed by atoms with E-state index in [2.05, 4.69) is 5.32 Å². The van der Waals surface area contributed by atoms with Crippen LogP contribution in [0.25, 0.3) is 0 Å². The molecule has 0 unspecified atom stereocenters. The maximum Gasteiger partial charge on any atom is 0.197 e. The first-order valence-electron chi connectivity index (χ1n) is 9.21. The summed E-state index contributed by atoms with van der Waals surface area (Å²) in [6, 6.07) is 9.41. The molecule has 5 atom stereocenters. The Morgan fingerprint density at radius 3 is 2.71 bits per heavy atom. The highest BCUT2D eigenvalue weighted by Crippen LogP contribution is 2.32. The van der Waals surface area contributed by atoms with Gasteiger partial charge in [-0.3, -0.25) is 0 Å². The number of rotatable bonds is 5. The van der Waals surface area contributed by atoms with Gasteiger partial charge in [-0.15, -0.1) is 0 Å². The van der Waals surface area contributed by atoms with Crippen LogP contribution in [0.2, 0.25) is 0 Å². The van der Waals surface area contributed by atoms with E-state index in [9.17, 15) is 5.11 Å². The van der Waals surface area contributed by atoms with Crippen LogP contribution < -0.4 is 10.1 Å². The van der Waals surface area contributed by atoms with Gasteiger partial charge in [0.05, 0.1) is 12.6 Å². The number of hydrogen-bond donors (Lipinski definition) is 2. The minimum Gasteiger partial charge on any atom is -0.482 e. The van der Waals surface area contributed by atoms with E-state index in [1.54, 1.807) is 0 Å². The number of ether oxygens (including phenoxy) is 3. The molecular formula is C19H27NO4. The summed E-state index contributed by atoms with van der Waals surface area (Å²) in [6.45, 7) is 1.45. The Balaban J connectivity index is 1.40. The summed E-state index contributed by atoms with van der Waals surface area (Å²) in [4.78, 5) is 0. The van der Waals surface area contributed by atoms with Crippen molar-refractivity contribution in [2.24, 2.45) is 5.92 Å². The van der Waals surface area contributed by atoms with Crippen LogP contribution in [-0.4, -0.2) is 48.9 Å². The topological polar surface area (TPSA) is 60.0 Å². The smallest absolute Gasteiger partial charge is 0.197 e. The third-order valence-electron chi connectivity index (χ3n) is 5.49. The Morgan fingerprint density at radius 1 is 1.12 bits per heavy atom. The average Bonchev–Trinajstić information content (AvgIpc) is 3.06. The molecule has 2 heterocycles. The van der Waals surface area contributed by atoms with E-state index in [-0.39, 0.29) is 12.1 Å². The summed E-state index contributed by atoms with van der Waals surface area (Å²) in [6.07, 6.45) is 4.85. The monoisotopic (exact) mass is 333 g/mol. The molecule has 1 aliphatic carbocycles. The Morgan fingerprint density at radius 2 is 1.92 bits per heavy atom. The van der Waals surface area contributed by atoms with Gasteiger partial charge < -0.3 is 24.6 Å². The number of fused-ring (bicyclic) bond motifs is 2. The zero-order valence-corrected chi connectivity index (χ0v) is 14.0. The van der Waals surface area contributed by atoms with Crippen molar-refractivity contribution in [2.45, 2.75) is 62.7 Å². The second kappa shape index (κ2) is 7.40. The quantitative estimate of drug-likeness (QED) is 0.864. The Labute approximate surface area is 143 Å². The molecule has 5 heteroatoms. The minimum absolute atomic E-state index is 0.0933. The first-order valence-corrected chi connectivity index (χ1v) is 9.21. The fourth-order valence-corrected chi connectivity index (χ4v) is 4.11. The van der Waals surface area contributed by atoms with Gasteiger partial charge in [0.1, 0.15) is 18.0 Å². The van der Waals surface area contributed by atoms with E-state index in [0.717, 1.165) is 12.3 Å². The van der Waals surface area contributed by atoms with Crippen molar-refractivity contribution in [1.29, 1.82) is 0 Å². The summed E-state index contributed by atoms with van der Waals surface area (Å²) in [5.41, 5.74) is 0. The molecule has 2 bridgehead atoms. The predicted octanol–water partition coefficient (Wildman–Crippen LogP) is 2.09. The molecule has 0 radical (unpaired) electrons. The zero-order chi connectivity index (χ0) is 16.4. The number of para-hydroxylation sites is 1. The predicted molar refractivity (Wildman–Crippen MR) is 89.8 cm³/mol. The molecule has 5 nitrogen and oxygen atoms in total. The highest BCUT2D eigenvalue weighted by molar-refractivity contribution is 5.22. The Kier molecular flexibility index (Phi) is 5.03. The number of nitrogens with one attached hydrogen (secondary N) is 1. The van der Waals surface area contributed by atoms with Crippen LogP contribution in [0.1, 0.15) is 32.1 Å². The van der Waals surface area contributed by atoms with E-state index in [0.29, 0.717) is 12.5 Å². The molecule has 1 aromatic rings. The molecule has 0 aromatic heterocycles. The van der Waals surface area contributed by atoms with Crippen LogP contribution in [0, 0.1) is 5.92 Å². The SMILES string of the molecule is O[C@H]1[C@H](NCC2CCCCC2)[C@@H]2CO[C@H](O2)[C@H]1Oc1ccccc1. The number of hydrogen-bond acceptors (Lipinski definition) is 5. The lowest BCUT2D eigenvalue weighted by Crippen LogP contribution is -2.61. The third kappa shape index (κ3) is 3.45. The lowest BCUT2D eigenvalue weighted by molar-refractivity contribution is -0.194. The third-order valence-corrected chi connectivity index (χ3v) is 5.49. The average molecular weight is 333 g/mol. The molecule has 3 aliphatic rings. The van der Waals surface area contributed by atoms with Crippen LogP contribution >= 0.6 is 0 Å². The van der Waals surface area contributed by atoms with Crippen molar-refractivity contribution in [3.63, 3.8) is 0 Å². The summed E-state index contributed by atoms with van der Waals surface area (Å²) in [7, 11) is 0. The lowest BCUT2D eigenvalue weighted by Gasteiger charge is -2.39. The maximum atomic E-state index is 10.9. The molecule has 132 valence electrons. The second-order valence-corrected chi connectivity index (χ2v) is 7.20. The highest BCUT2D eigenvalue weighted by atomic mass is 16.7. The van der Waals surface area contributed by atoms with Gasteiger partial charge in [0.15, 0.2) is 12.4 Å². The lowest BCUT2D eigenvalue weighted by atomic mass is 9.88. The van der Waals surface area contributed by atoms with E-state index < -0.39 is 18.5 Å². The largest absolute Gasteiger partial charge is 0.482 e. The number of aliphatic hydroxyl groups excluding tert-OH is 1. The van der Waals surface area contributed by atoms with Crippen LogP contribution in [-0.2, 0) is 9.47 Å². The molecule has 24 heavy (non-hydrogen) atoms. The molecule has 4 rings (SSSR count). The standard InChI is InChI=1S/C19H27NO4/c21-17-16(20-11-13-7-3-1-4-8-13)15-12-22-19(24-15)18(17)23-14-9-5-2-6-10-14/h2,5-6,9-10,13,15-21H,1,3-4,7-8,11-12H2/t15-,16+,17-,18-,19+/m0/s1. The fourth-order valence-electron chi connectivity index (χ4n) is 4.11. The van der Waals surface area contributed by atoms with Crippen molar-refractivity contribution in [3.05, 3.63) is 30.3 Å². The summed E-state index contributed by atoms with van der Waals surface area (Å²) >= 11 is 0. The molecule has 2 aliphatic heterocycles. The molecule has 1 saturated carbocycles. The van der Waals surface area contributed by atoms with Crippen molar-refractivity contribution in [3.8, 4) is 5.75 Å². The first kappa shape index (κ1) is 16.3. The second-order valence-electron chi connectivity index (χ2n) is 7.20. The molecule has 0 spiro atoms. The van der Waals surface area contributed by atoms with Crippen molar-refractivity contribution >= 4 is 0 Å². The van der Waals surface area contributed by atoms with E-state index in [4.69, 9.17) is 14.2 Å². The Hall–Kier alpha value is -1.14. The zero-order valence-electron chi connectivity index (χ0n) is 14.0. The molecule has 1 aromatic carbocycles. The van der Waals surface area contributed by atoms with Gasteiger partial charge in [0.25, 0.3) is 0 Å². The first-order chi connectivity index (χ1) is 11.8. The van der Waals surface area contributed by atoms with Gasteiger partial charge in [-0.25, -0.2) is 0 Å². The van der Waals surface area contributed by atoms with Gasteiger partial charge in [-0.2, -0.15) is 0 Å². The van der Waals surface area contributed by atoms with Crippen LogP contribution in [0.5, 0.6) is 5.75 Å². The fraction of sp³-hybridized carbons (Fsp3) is 0.684. The van der Waals surface area contributed by atoms with E-state index in [1.807, 2.05) is 30.3 Å². The van der Waals surface area contributed by atoms with Crippen LogP contribution in [0.3, 0.4) is 0 Å².